The van der Waals surface area contributed by atoms with Crippen LogP contribution in [0, 0.1) is 0 Å². The maximum atomic E-state index is 13.7. The fraction of sp³-hybridized carbons (Fsp3) is 0.444. The van der Waals surface area contributed by atoms with Crippen molar-refractivity contribution in [2.75, 3.05) is 5.75 Å². The molecule has 1 aliphatic heterocycles. The van der Waals surface area contributed by atoms with Gasteiger partial charge in [-0.25, -0.2) is 4.68 Å². The van der Waals surface area contributed by atoms with E-state index in [1.165, 1.54) is 28.2 Å². The molecule has 1 aromatic carbocycles. The Morgan fingerprint density at radius 1 is 1.19 bits per heavy atom. The van der Waals surface area contributed by atoms with Crippen molar-refractivity contribution in [1.29, 1.82) is 0 Å². The Kier molecular flexibility index (Phi) is 5.81. The summed E-state index contributed by atoms with van der Waals surface area (Å²) in [5.41, 5.74) is -0.452. The Balaban J connectivity index is 1.98. The van der Waals surface area contributed by atoms with Crippen molar-refractivity contribution in [2.24, 2.45) is 5.16 Å². The van der Waals surface area contributed by atoms with E-state index in [0.29, 0.717) is 27.9 Å². The number of benzene rings is 1. The summed E-state index contributed by atoms with van der Waals surface area (Å²) in [6.07, 6.45) is -3.94. The molecule has 3 rings (SSSR count). The molecule has 0 atom stereocenters. The normalized spacial score (nSPS) is 16.3. The number of nitrogens with zero attached hydrogens (tertiary/aromatic N) is 3. The molecule has 146 valence electrons. The Morgan fingerprint density at radius 3 is 2.44 bits per heavy atom. The summed E-state index contributed by atoms with van der Waals surface area (Å²) in [5, 5.41) is 9.15. The minimum Gasteiger partial charge on any atom is -0.389 e. The molecule has 0 saturated heterocycles. The van der Waals surface area contributed by atoms with Gasteiger partial charge in [-0.3, -0.25) is 0 Å². The lowest BCUT2D eigenvalue weighted by molar-refractivity contribution is -0.141. The van der Waals surface area contributed by atoms with Crippen molar-refractivity contribution in [1.82, 2.24) is 9.78 Å². The molecule has 1 aromatic heterocycles. The molecule has 2 aromatic rings. The van der Waals surface area contributed by atoms with Crippen molar-refractivity contribution < 1.29 is 18.0 Å². The van der Waals surface area contributed by atoms with Crippen molar-refractivity contribution in [3.63, 3.8) is 0 Å². The van der Waals surface area contributed by atoms with Gasteiger partial charge < -0.3 is 4.84 Å². The van der Waals surface area contributed by atoms with Gasteiger partial charge in [0.05, 0.1) is 5.69 Å². The topological polar surface area (TPSA) is 39.4 Å². The molecule has 0 saturated carbocycles. The molecule has 0 fully saturated rings. The molecular weight excluding hydrogens is 395 g/mol. The van der Waals surface area contributed by atoms with Crippen LogP contribution in [0.2, 0.25) is 0 Å². The molecule has 0 aliphatic carbocycles. The third kappa shape index (κ3) is 4.63. The van der Waals surface area contributed by atoms with Gasteiger partial charge in [0.15, 0.2) is 5.69 Å². The second-order valence-corrected chi connectivity index (χ2v) is 8.91. The van der Waals surface area contributed by atoms with Crippen LogP contribution in [-0.4, -0.2) is 26.2 Å². The molecule has 0 amide bonds. The van der Waals surface area contributed by atoms with Crippen molar-refractivity contribution in [3.8, 4) is 5.69 Å². The van der Waals surface area contributed by atoms with E-state index in [4.69, 9.17) is 4.84 Å². The lowest BCUT2D eigenvalue weighted by Crippen LogP contribution is -2.18. The zero-order valence-electron chi connectivity index (χ0n) is 15.2. The van der Waals surface area contributed by atoms with Crippen LogP contribution in [-0.2, 0) is 16.8 Å². The Bertz CT molecular complexity index is 832. The third-order valence-electron chi connectivity index (χ3n) is 3.84. The summed E-state index contributed by atoms with van der Waals surface area (Å²) >= 11 is 2.64. The zero-order chi connectivity index (χ0) is 19.7. The maximum Gasteiger partial charge on any atom is 0.435 e. The van der Waals surface area contributed by atoms with E-state index in [1.807, 2.05) is 26.8 Å². The van der Waals surface area contributed by atoms with E-state index >= 15 is 0 Å². The zero-order valence-corrected chi connectivity index (χ0v) is 16.8. The molecule has 0 spiro atoms. The van der Waals surface area contributed by atoms with Crippen molar-refractivity contribution >= 4 is 28.6 Å². The highest BCUT2D eigenvalue weighted by molar-refractivity contribution is 8.13. The quantitative estimate of drug-likeness (QED) is 0.583. The van der Waals surface area contributed by atoms with Gasteiger partial charge in [0.25, 0.3) is 0 Å². The predicted octanol–water partition coefficient (Wildman–Crippen LogP) is 5.75. The molecular formula is C18H20F3N3OS2. The van der Waals surface area contributed by atoms with E-state index in [0.717, 1.165) is 0 Å². The van der Waals surface area contributed by atoms with Crippen LogP contribution in [0.4, 0.5) is 13.2 Å². The number of para-hydroxylation sites is 1. The first-order valence-corrected chi connectivity index (χ1v) is 10.4. The highest BCUT2D eigenvalue weighted by atomic mass is 32.2. The second kappa shape index (κ2) is 7.79. The summed E-state index contributed by atoms with van der Waals surface area (Å²) in [5.74, 6) is 0.785. The number of rotatable bonds is 5. The van der Waals surface area contributed by atoms with Gasteiger partial charge in [0.1, 0.15) is 15.7 Å². The van der Waals surface area contributed by atoms with Crippen LogP contribution in [0.3, 0.4) is 0 Å². The van der Waals surface area contributed by atoms with E-state index < -0.39 is 17.5 Å². The van der Waals surface area contributed by atoms with Crippen LogP contribution in [0.25, 0.3) is 5.69 Å². The van der Waals surface area contributed by atoms with Crippen LogP contribution >= 0.6 is 23.5 Å². The summed E-state index contributed by atoms with van der Waals surface area (Å²) in [7, 11) is 0. The van der Waals surface area contributed by atoms with Crippen LogP contribution in [0.1, 0.15) is 38.4 Å². The maximum absolute atomic E-state index is 13.7. The van der Waals surface area contributed by atoms with Gasteiger partial charge in [0.2, 0.25) is 0 Å². The smallest absolute Gasteiger partial charge is 0.389 e. The lowest BCUT2D eigenvalue weighted by Gasteiger charge is -2.13. The molecule has 9 heteroatoms. The van der Waals surface area contributed by atoms with Gasteiger partial charge in [-0.15, -0.1) is 23.5 Å². The summed E-state index contributed by atoms with van der Waals surface area (Å²) in [6, 6.07) is 8.89. The third-order valence-corrected chi connectivity index (χ3v) is 5.81. The van der Waals surface area contributed by atoms with E-state index in [9.17, 15) is 13.2 Å². The number of oxime groups is 1. The number of alkyl halides is 3. The van der Waals surface area contributed by atoms with Crippen LogP contribution in [0.15, 0.2) is 40.5 Å². The minimum atomic E-state index is -4.52. The number of hydrogen-bond acceptors (Lipinski definition) is 5. The molecule has 4 nitrogen and oxygen atoms in total. The van der Waals surface area contributed by atoms with Gasteiger partial charge in [0, 0.05) is 17.7 Å². The largest absolute Gasteiger partial charge is 0.435 e. The average molecular weight is 416 g/mol. The molecule has 0 unspecified atom stereocenters. The summed E-state index contributed by atoms with van der Waals surface area (Å²) in [4.78, 5) is 5.31. The Morgan fingerprint density at radius 2 is 1.89 bits per heavy atom. The number of aromatic nitrogens is 2. The first-order valence-electron chi connectivity index (χ1n) is 8.46. The van der Waals surface area contributed by atoms with E-state index in [1.54, 1.807) is 24.3 Å². The number of halogens is 3. The highest BCUT2D eigenvalue weighted by Gasteiger charge is 2.40. The summed E-state index contributed by atoms with van der Waals surface area (Å²) < 4.78 is 42.4. The molecule has 2 heterocycles. The molecule has 1 aliphatic rings. The molecule has 0 bridgehead atoms. The Hall–Kier alpha value is -1.61. The first kappa shape index (κ1) is 20.1. The van der Waals surface area contributed by atoms with E-state index in [2.05, 4.69) is 10.3 Å². The predicted molar refractivity (Wildman–Crippen MR) is 103 cm³/mol. The standard InChI is InChI=1S/C18H20F3N3OS2/c1-4-26-16-13(11-27-14-10-17(2,3)25-23-14)15(18(19,20)21)22-24(16)12-8-6-5-7-9-12/h5-9H,4,10-11H2,1-3H3. The SMILES string of the molecule is CCSc1c(CSC2=NOC(C)(C)C2)c(C(F)(F)F)nn1-c1ccccc1. The van der Waals surface area contributed by atoms with Gasteiger partial charge in [-0.1, -0.05) is 30.3 Å². The van der Waals surface area contributed by atoms with Gasteiger partial charge in [-0.05, 0) is 31.7 Å². The van der Waals surface area contributed by atoms with Crippen LogP contribution in [0.5, 0.6) is 0 Å². The van der Waals surface area contributed by atoms with Gasteiger partial charge >= 0.3 is 6.18 Å². The van der Waals surface area contributed by atoms with Crippen LogP contribution < -0.4 is 0 Å². The number of hydrogen-bond donors (Lipinski definition) is 0. The lowest BCUT2D eigenvalue weighted by atomic mass is 10.1. The average Bonchev–Trinajstić information content (AvgIpc) is 3.14. The molecule has 0 radical (unpaired) electrons. The first-order chi connectivity index (χ1) is 12.7. The number of thioether (sulfide) groups is 2. The fourth-order valence-electron chi connectivity index (χ4n) is 2.66. The summed E-state index contributed by atoms with van der Waals surface area (Å²) in [6.45, 7) is 5.71. The Labute approximate surface area is 164 Å². The van der Waals surface area contributed by atoms with Gasteiger partial charge in [-0.2, -0.15) is 18.3 Å². The van der Waals surface area contributed by atoms with Crippen molar-refractivity contribution in [2.45, 2.75) is 49.7 Å². The monoisotopic (exact) mass is 415 g/mol. The minimum absolute atomic E-state index is 0.141. The fourth-order valence-corrected chi connectivity index (χ4v) is 4.76. The van der Waals surface area contributed by atoms with Crippen molar-refractivity contribution in [3.05, 3.63) is 41.6 Å². The highest BCUT2D eigenvalue weighted by Crippen LogP contribution is 2.40. The second-order valence-electron chi connectivity index (χ2n) is 6.61. The molecule has 0 N–H and O–H groups in total. The van der Waals surface area contributed by atoms with E-state index in [-0.39, 0.29) is 11.3 Å². The molecule has 27 heavy (non-hydrogen) atoms.